The molecular formula is C39H50ClFN4O6S. The van der Waals surface area contributed by atoms with Crippen molar-refractivity contribution in [2.45, 2.75) is 94.0 Å². The van der Waals surface area contributed by atoms with Crippen molar-refractivity contribution in [1.82, 2.24) is 14.5 Å². The number of carbonyl (C=O) groups excluding carboxylic acids is 2. The van der Waals surface area contributed by atoms with Crippen LogP contribution in [0.15, 0.2) is 48.3 Å². The Bertz CT molecular complexity index is 1840. The summed E-state index contributed by atoms with van der Waals surface area (Å²) in [5.41, 5.74) is 2.83. The highest BCUT2D eigenvalue weighted by Gasteiger charge is 2.45. The molecular weight excluding hydrogens is 707 g/mol. The number of rotatable bonds is 2. The minimum atomic E-state index is -4.13. The van der Waals surface area contributed by atoms with Crippen molar-refractivity contribution in [3.8, 4) is 5.75 Å². The van der Waals surface area contributed by atoms with Gasteiger partial charge < -0.3 is 19.3 Å². The molecule has 1 N–H and O–H groups in total. The van der Waals surface area contributed by atoms with E-state index < -0.39 is 44.4 Å². The number of ether oxygens (including phenoxy) is 2. The number of hydrogen-bond donors (Lipinski definition) is 1. The van der Waals surface area contributed by atoms with Crippen LogP contribution in [0.1, 0.15) is 80.3 Å². The maximum absolute atomic E-state index is 16.8. The molecule has 0 aromatic heterocycles. The minimum Gasteiger partial charge on any atom is -0.490 e. The van der Waals surface area contributed by atoms with Crippen LogP contribution in [0.25, 0.3) is 0 Å². The molecule has 2 amide bonds. The Morgan fingerprint density at radius 2 is 1.94 bits per heavy atom. The summed E-state index contributed by atoms with van der Waals surface area (Å²) in [6.45, 7) is 6.22. The van der Waals surface area contributed by atoms with E-state index in [-0.39, 0.29) is 30.0 Å². The third kappa shape index (κ3) is 7.20. The molecule has 5 aliphatic rings. The van der Waals surface area contributed by atoms with E-state index in [0.29, 0.717) is 55.9 Å². The quantitative estimate of drug-likeness (QED) is 0.421. The fourth-order valence-electron chi connectivity index (χ4n) is 8.91. The lowest BCUT2D eigenvalue weighted by atomic mass is 9.70. The Morgan fingerprint density at radius 1 is 1.12 bits per heavy atom. The summed E-state index contributed by atoms with van der Waals surface area (Å²) in [5, 5.41) is -0.324. The first-order valence-corrected chi connectivity index (χ1v) is 20.6. The molecule has 0 saturated carbocycles. The summed E-state index contributed by atoms with van der Waals surface area (Å²) in [7, 11) is -2.40. The SMILES string of the molecule is C[C@@H]1[C@@H](C)C/C=C(\F)[C@H](C(=O)N(C)C2CCCOC2)N2CCC[C@H]2CN2C[C@@]3(CCCc4cc(Cl)ccc43)COc3ccc(cc32)C(=O)NS1(=O)=O. The predicted molar refractivity (Wildman–Crippen MR) is 199 cm³/mol. The largest absolute Gasteiger partial charge is 0.490 e. The number of halogens is 2. The van der Waals surface area contributed by atoms with Gasteiger partial charge in [-0.3, -0.25) is 14.5 Å². The van der Waals surface area contributed by atoms with E-state index in [4.69, 9.17) is 21.1 Å². The first kappa shape index (κ1) is 37.1. The first-order valence-electron chi connectivity index (χ1n) is 18.7. The number of hydrogen-bond acceptors (Lipinski definition) is 8. The topological polar surface area (TPSA) is 108 Å². The number of anilines is 1. The molecule has 2 saturated heterocycles. The van der Waals surface area contributed by atoms with E-state index in [0.717, 1.165) is 44.9 Å². The number of fused-ring (bicyclic) bond motifs is 4. The van der Waals surface area contributed by atoms with Gasteiger partial charge in [0, 0.05) is 48.8 Å². The summed E-state index contributed by atoms with van der Waals surface area (Å²) in [6, 6.07) is 9.60. The van der Waals surface area contributed by atoms with Crippen LogP contribution in [0.4, 0.5) is 10.1 Å². The summed E-state index contributed by atoms with van der Waals surface area (Å²) in [5.74, 6) is -1.59. The molecule has 2 aromatic carbocycles. The van der Waals surface area contributed by atoms with Crippen LogP contribution in [0.2, 0.25) is 5.02 Å². The van der Waals surface area contributed by atoms with Gasteiger partial charge in [0.05, 0.1) is 30.2 Å². The van der Waals surface area contributed by atoms with E-state index in [2.05, 4.69) is 15.7 Å². The normalized spacial score (nSPS) is 32.0. The number of nitrogens with one attached hydrogen (secondary N) is 1. The van der Waals surface area contributed by atoms with Crippen LogP contribution in [-0.2, 0) is 31.4 Å². The second kappa shape index (κ2) is 14.9. The van der Waals surface area contributed by atoms with Gasteiger partial charge in [-0.2, -0.15) is 0 Å². The Balaban J connectivity index is 1.33. The molecule has 1 aliphatic carbocycles. The van der Waals surface area contributed by atoms with Crippen LogP contribution in [0, 0.1) is 5.92 Å². The second-order valence-corrected chi connectivity index (χ2v) is 18.0. The molecule has 4 aliphatic heterocycles. The second-order valence-electron chi connectivity index (χ2n) is 15.5. The average Bonchev–Trinajstić information content (AvgIpc) is 3.52. The standard InChI is InChI=1S/C39H50ClFN4O6S/c1-25-10-14-33(41)36(38(47)43(3)31-9-6-18-50-22-31)45-17-5-8-30(45)21-44-23-39(16-4-7-27-19-29(40)12-13-32(27)39)24-51-35-15-11-28(20-34(35)44)37(46)42-52(48,49)26(25)2/h11-15,19-20,25-26,30-31,36H,4-10,16-18,21-24H2,1-3H3,(H,42,46)/b33-14-/t25-,26+,30-,31?,36+,39-/m0/s1. The van der Waals surface area contributed by atoms with Gasteiger partial charge in [-0.1, -0.05) is 30.7 Å². The number of amides is 2. The third-order valence-corrected chi connectivity index (χ3v) is 14.4. The van der Waals surface area contributed by atoms with Crippen molar-refractivity contribution >= 4 is 39.1 Å². The van der Waals surface area contributed by atoms with Crippen LogP contribution in [0.5, 0.6) is 5.75 Å². The van der Waals surface area contributed by atoms with Crippen molar-refractivity contribution in [3.05, 3.63) is 70.0 Å². The molecule has 2 aromatic rings. The van der Waals surface area contributed by atoms with E-state index in [9.17, 15) is 18.0 Å². The molecule has 10 nitrogen and oxygen atoms in total. The Kier molecular flexibility index (Phi) is 10.7. The number of likely N-dealkylation sites (N-methyl/N-ethyl adjacent to an activating group) is 1. The van der Waals surface area contributed by atoms with Crippen LogP contribution < -0.4 is 14.4 Å². The molecule has 2 bridgehead atoms. The van der Waals surface area contributed by atoms with Crippen LogP contribution >= 0.6 is 11.6 Å². The number of allylic oxidation sites excluding steroid dienone is 1. The predicted octanol–water partition coefficient (Wildman–Crippen LogP) is 5.62. The molecule has 282 valence electrons. The maximum atomic E-state index is 16.8. The zero-order valence-corrected chi connectivity index (χ0v) is 31.9. The monoisotopic (exact) mass is 756 g/mol. The molecule has 4 heterocycles. The van der Waals surface area contributed by atoms with Crippen LogP contribution in [0.3, 0.4) is 0 Å². The van der Waals surface area contributed by atoms with E-state index in [1.54, 1.807) is 37.1 Å². The summed E-state index contributed by atoms with van der Waals surface area (Å²) >= 11 is 6.46. The first-order chi connectivity index (χ1) is 24.9. The van der Waals surface area contributed by atoms with Gasteiger partial charge in [0.1, 0.15) is 17.6 Å². The number of benzene rings is 2. The zero-order valence-electron chi connectivity index (χ0n) is 30.3. The molecule has 13 heteroatoms. The fraction of sp³-hybridized carbons (Fsp3) is 0.590. The molecule has 2 fully saturated rings. The molecule has 6 atom stereocenters. The highest BCUT2D eigenvalue weighted by molar-refractivity contribution is 7.90. The molecule has 0 radical (unpaired) electrons. The van der Waals surface area contributed by atoms with Gasteiger partial charge in [0.15, 0.2) is 0 Å². The Labute approximate surface area is 311 Å². The molecule has 7 rings (SSSR count). The maximum Gasteiger partial charge on any atom is 0.264 e. The fourth-order valence-corrected chi connectivity index (χ4v) is 10.4. The lowest BCUT2D eigenvalue weighted by Gasteiger charge is -2.43. The summed E-state index contributed by atoms with van der Waals surface area (Å²) in [6.07, 6.45) is 7.34. The van der Waals surface area contributed by atoms with Crippen molar-refractivity contribution in [2.24, 2.45) is 5.92 Å². The number of aryl methyl sites for hydroxylation is 1. The molecule has 1 spiro atoms. The van der Waals surface area contributed by atoms with Crippen molar-refractivity contribution in [3.63, 3.8) is 0 Å². The van der Waals surface area contributed by atoms with Gasteiger partial charge in [0.2, 0.25) is 15.9 Å². The Morgan fingerprint density at radius 3 is 2.73 bits per heavy atom. The van der Waals surface area contributed by atoms with E-state index in [1.807, 2.05) is 17.0 Å². The highest BCUT2D eigenvalue weighted by atomic mass is 35.5. The van der Waals surface area contributed by atoms with Crippen molar-refractivity contribution < 1.29 is 31.9 Å². The van der Waals surface area contributed by atoms with Gasteiger partial charge >= 0.3 is 0 Å². The van der Waals surface area contributed by atoms with Gasteiger partial charge in [-0.05, 0) is 112 Å². The minimum absolute atomic E-state index is 0.0783. The van der Waals surface area contributed by atoms with Crippen LogP contribution in [-0.4, -0.2) is 99.9 Å². The third-order valence-electron chi connectivity index (χ3n) is 12.2. The molecule has 52 heavy (non-hydrogen) atoms. The zero-order chi connectivity index (χ0) is 36.8. The summed E-state index contributed by atoms with van der Waals surface area (Å²) in [4.78, 5) is 33.9. The van der Waals surface area contributed by atoms with Gasteiger partial charge in [-0.15, -0.1) is 0 Å². The van der Waals surface area contributed by atoms with E-state index >= 15 is 4.39 Å². The number of carbonyl (C=O) groups is 2. The Hall–Kier alpha value is -3.19. The van der Waals surface area contributed by atoms with Gasteiger partial charge in [-0.25, -0.2) is 17.5 Å². The molecule has 1 unspecified atom stereocenters. The van der Waals surface area contributed by atoms with E-state index in [1.165, 1.54) is 24.1 Å². The van der Waals surface area contributed by atoms with Gasteiger partial charge in [0.25, 0.3) is 5.91 Å². The smallest absolute Gasteiger partial charge is 0.264 e. The lowest BCUT2D eigenvalue weighted by Crippen LogP contribution is -2.56. The van der Waals surface area contributed by atoms with Crippen molar-refractivity contribution in [2.75, 3.05) is 51.4 Å². The lowest BCUT2D eigenvalue weighted by molar-refractivity contribution is -0.139. The number of sulfonamides is 1. The summed E-state index contributed by atoms with van der Waals surface area (Å²) < 4.78 is 58.4. The highest BCUT2D eigenvalue weighted by Crippen LogP contribution is 2.45. The number of nitrogens with zero attached hydrogens (tertiary/aromatic N) is 3. The van der Waals surface area contributed by atoms with Crippen molar-refractivity contribution in [1.29, 1.82) is 0 Å². The average molecular weight is 757 g/mol.